The Balaban J connectivity index is 1.74. The molecular weight excluding hydrogens is 503 g/mol. The first-order valence-electron chi connectivity index (χ1n) is 9.81. The Labute approximate surface area is 204 Å². The second-order valence-corrected chi connectivity index (χ2v) is 9.29. The number of esters is 1. The van der Waals surface area contributed by atoms with Gasteiger partial charge in [0.2, 0.25) is 9.84 Å². The van der Waals surface area contributed by atoms with Gasteiger partial charge in [0.25, 0.3) is 5.91 Å². The summed E-state index contributed by atoms with van der Waals surface area (Å²) in [5, 5.41) is 4.65. The van der Waals surface area contributed by atoms with Crippen molar-refractivity contribution in [2.45, 2.75) is 4.90 Å². The summed E-state index contributed by atoms with van der Waals surface area (Å²) in [6.07, 6.45) is 0. The summed E-state index contributed by atoms with van der Waals surface area (Å²) in [4.78, 5) is 36.4. The number of ether oxygens (including phenoxy) is 2. The van der Waals surface area contributed by atoms with Crippen molar-refractivity contribution in [3.63, 3.8) is 0 Å². The largest absolute Gasteiger partial charge is 0.476 e. The van der Waals surface area contributed by atoms with Crippen molar-refractivity contribution in [1.82, 2.24) is 5.32 Å². The predicted octanol–water partition coefficient (Wildman–Crippen LogP) is 4.04. The predicted molar refractivity (Wildman–Crippen MR) is 125 cm³/mol. The number of carbonyl (C=O) groups excluding carboxylic acids is 3. The zero-order chi connectivity index (χ0) is 25.6. The van der Waals surface area contributed by atoms with E-state index < -0.39 is 39.5 Å². The molecule has 0 aliphatic heterocycles. The maximum absolute atomic E-state index is 13.7. The highest BCUT2D eigenvalue weighted by Gasteiger charge is 2.20. The van der Waals surface area contributed by atoms with Crippen LogP contribution < -0.4 is 15.4 Å². The van der Waals surface area contributed by atoms with Crippen LogP contribution in [0.3, 0.4) is 0 Å². The third-order valence-electron chi connectivity index (χ3n) is 4.53. The van der Waals surface area contributed by atoms with Crippen LogP contribution in [-0.2, 0) is 14.6 Å². The van der Waals surface area contributed by atoms with Gasteiger partial charge in [0.05, 0.1) is 17.6 Å². The fourth-order valence-electron chi connectivity index (χ4n) is 2.83. The molecule has 182 valence electrons. The van der Waals surface area contributed by atoms with Gasteiger partial charge in [-0.05, 0) is 54.6 Å². The molecule has 0 unspecified atom stereocenters. The summed E-state index contributed by atoms with van der Waals surface area (Å²) < 4.78 is 48.8. The molecule has 3 aromatic rings. The molecular formula is C23H18ClFN2O7S. The summed E-state index contributed by atoms with van der Waals surface area (Å²) in [5.74, 6) is -3.55. The zero-order valence-electron chi connectivity index (χ0n) is 18.1. The Kier molecular flexibility index (Phi) is 8.05. The van der Waals surface area contributed by atoms with E-state index in [2.05, 4.69) is 5.32 Å². The molecule has 0 saturated carbocycles. The number of benzene rings is 3. The van der Waals surface area contributed by atoms with Gasteiger partial charge in [0, 0.05) is 10.7 Å². The molecule has 0 aliphatic rings. The number of imide groups is 1. The van der Waals surface area contributed by atoms with E-state index in [1.165, 1.54) is 60.7 Å². The lowest BCUT2D eigenvalue weighted by molar-refractivity contribution is 0.0596. The minimum atomic E-state index is -3.88. The molecule has 0 aliphatic carbocycles. The number of hydrogen-bond acceptors (Lipinski definition) is 7. The second-order valence-electron chi connectivity index (χ2n) is 6.92. The highest BCUT2D eigenvalue weighted by Crippen LogP contribution is 2.25. The third kappa shape index (κ3) is 6.55. The van der Waals surface area contributed by atoms with Crippen molar-refractivity contribution in [2.75, 3.05) is 18.4 Å². The number of rotatable bonds is 7. The molecule has 3 rings (SSSR count). The van der Waals surface area contributed by atoms with Crippen molar-refractivity contribution in [3.05, 3.63) is 88.7 Å². The van der Waals surface area contributed by atoms with Crippen LogP contribution in [0, 0.1) is 5.82 Å². The average Bonchev–Trinajstić information content (AvgIpc) is 2.83. The molecule has 12 heteroatoms. The summed E-state index contributed by atoms with van der Waals surface area (Å²) in [6.45, 7) is 0. The molecule has 0 heterocycles. The van der Waals surface area contributed by atoms with Crippen molar-refractivity contribution < 1.29 is 36.7 Å². The quantitative estimate of drug-likeness (QED) is 0.450. The smallest absolute Gasteiger partial charge is 0.341 e. The Morgan fingerprint density at radius 3 is 2.31 bits per heavy atom. The number of hydrogen-bond donors (Lipinski definition) is 2. The van der Waals surface area contributed by atoms with E-state index in [0.29, 0.717) is 5.02 Å². The molecule has 0 radical (unpaired) electrons. The van der Waals surface area contributed by atoms with E-state index in [1.807, 2.05) is 5.32 Å². The number of amides is 3. The average molecular weight is 521 g/mol. The molecule has 2 N–H and O–H groups in total. The Bertz CT molecular complexity index is 1380. The van der Waals surface area contributed by atoms with Gasteiger partial charge in [-0.3, -0.25) is 10.1 Å². The maximum Gasteiger partial charge on any atom is 0.341 e. The van der Waals surface area contributed by atoms with Gasteiger partial charge in [-0.15, -0.1) is 0 Å². The number of methoxy groups -OCH3 is 1. The van der Waals surface area contributed by atoms with Crippen molar-refractivity contribution in [3.8, 4) is 5.75 Å². The van der Waals surface area contributed by atoms with E-state index in [0.717, 1.165) is 13.2 Å². The van der Waals surface area contributed by atoms with Crippen molar-refractivity contribution in [1.29, 1.82) is 0 Å². The standard InChI is InChI=1S/C23H18ClFN2O7S/c1-33-22(29)18-12-15(26-23(30)27-21(28)17-4-2-3-5-19(17)25)8-11-20(18)34-13-35(31,32)16-9-6-14(24)7-10-16/h2-12H,13H2,1H3,(H2,26,27,28,30). The number of carbonyl (C=O) groups is 3. The van der Waals surface area contributed by atoms with Crippen LogP contribution in [0.4, 0.5) is 14.9 Å². The second kappa shape index (κ2) is 11.0. The summed E-state index contributed by atoms with van der Waals surface area (Å²) in [6, 6.07) is 13.3. The minimum absolute atomic E-state index is 0.0315. The van der Waals surface area contributed by atoms with Gasteiger partial charge in [-0.2, -0.15) is 0 Å². The molecule has 0 aromatic heterocycles. The Morgan fingerprint density at radius 2 is 1.66 bits per heavy atom. The molecule has 0 saturated heterocycles. The van der Waals surface area contributed by atoms with Crippen LogP contribution in [0.15, 0.2) is 71.6 Å². The molecule has 0 atom stereocenters. The van der Waals surface area contributed by atoms with Crippen LogP contribution in [-0.4, -0.2) is 39.4 Å². The third-order valence-corrected chi connectivity index (χ3v) is 6.20. The maximum atomic E-state index is 13.7. The number of nitrogens with one attached hydrogen (secondary N) is 2. The molecule has 3 amide bonds. The van der Waals surface area contributed by atoms with E-state index in [-0.39, 0.29) is 27.5 Å². The number of halogens is 2. The van der Waals surface area contributed by atoms with E-state index >= 15 is 0 Å². The zero-order valence-corrected chi connectivity index (χ0v) is 19.7. The first-order chi connectivity index (χ1) is 16.6. The minimum Gasteiger partial charge on any atom is -0.476 e. The Hall–Kier alpha value is -3.96. The van der Waals surface area contributed by atoms with Crippen LogP contribution in [0.25, 0.3) is 0 Å². The molecule has 35 heavy (non-hydrogen) atoms. The van der Waals surface area contributed by atoms with Gasteiger partial charge in [0.15, 0.2) is 5.94 Å². The van der Waals surface area contributed by atoms with Crippen LogP contribution in [0.5, 0.6) is 5.75 Å². The van der Waals surface area contributed by atoms with Gasteiger partial charge in [0.1, 0.15) is 17.1 Å². The fourth-order valence-corrected chi connectivity index (χ4v) is 3.93. The number of sulfone groups is 1. The van der Waals surface area contributed by atoms with Crippen molar-refractivity contribution >= 4 is 45.0 Å². The molecule has 3 aromatic carbocycles. The van der Waals surface area contributed by atoms with Crippen LogP contribution in [0.2, 0.25) is 5.02 Å². The molecule has 0 bridgehead atoms. The summed E-state index contributed by atoms with van der Waals surface area (Å²) in [7, 11) is -2.77. The lowest BCUT2D eigenvalue weighted by Gasteiger charge is -2.13. The van der Waals surface area contributed by atoms with E-state index in [9.17, 15) is 27.2 Å². The van der Waals surface area contributed by atoms with Gasteiger partial charge < -0.3 is 14.8 Å². The lowest BCUT2D eigenvalue weighted by atomic mass is 10.1. The van der Waals surface area contributed by atoms with E-state index in [4.69, 9.17) is 21.1 Å². The first-order valence-corrected chi connectivity index (χ1v) is 11.8. The molecule has 0 fully saturated rings. The first kappa shape index (κ1) is 25.7. The lowest BCUT2D eigenvalue weighted by Crippen LogP contribution is -2.34. The van der Waals surface area contributed by atoms with E-state index in [1.54, 1.807) is 0 Å². The monoisotopic (exact) mass is 520 g/mol. The highest BCUT2D eigenvalue weighted by atomic mass is 35.5. The normalized spacial score (nSPS) is 10.8. The van der Waals surface area contributed by atoms with Gasteiger partial charge >= 0.3 is 12.0 Å². The summed E-state index contributed by atoms with van der Waals surface area (Å²) in [5.41, 5.74) is -0.460. The number of anilines is 1. The SMILES string of the molecule is COC(=O)c1cc(NC(=O)NC(=O)c2ccccc2F)ccc1OCS(=O)(=O)c1ccc(Cl)cc1. The van der Waals surface area contributed by atoms with Crippen LogP contribution >= 0.6 is 11.6 Å². The molecule has 0 spiro atoms. The Morgan fingerprint density at radius 1 is 0.971 bits per heavy atom. The highest BCUT2D eigenvalue weighted by molar-refractivity contribution is 7.91. The van der Waals surface area contributed by atoms with Crippen molar-refractivity contribution in [2.24, 2.45) is 0 Å². The summed E-state index contributed by atoms with van der Waals surface area (Å²) >= 11 is 5.78. The topological polar surface area (TPSA) is 128 Å². The molecule has 9 nitrogen and oxygen atoms in total. The number of urea groups is 1. The fraction of sp³-hybridized carbons (Fsp3) is 0.0870. The van der Waals surface area contributed by atoms with Crippen LogP contribution in [0.1, 0.15) is 20.7 Å². The van der Waals surface area contributed by atoms with Gasteiger partial charge in [-0.1, -0.05) is 23.7 Å². The van der Waals surface area contributed by atoms with Gasteiger partial charge in [-0.25, -0.2) is 22.4 Å².